The van der Waals surface area contributed by atoms with Crippen LogP contribution in [0.1, 0.15) is 19.8 Å². The van der Waals surface area contributed by atoms with Gasteiger partial charge in [0, 0.05) is 18.0 Å². The number of nitrogen functional groups attached to an aromatic ring is 1. The average Bonchev–Trinajstić information content (AvgIpc) is 2.81. The number of ether oxygens (including phenoxy) is 1. The summed E-state index contributed by atoms with van der Waals surface area (Å²) in [5, 5.41) is 5.63. The zero-order chi connectivity index (χ0) is 13.0. The van der Waals surface area contributed by atoms with Crippen LogP contribution in [-0.4, -0.2) is 24.8 Å². The molecule has 1 heterocycles. The molecule has 2 atom stereocenters. The molecule has 5 heteroatoms. The van der Waals surface area contributed by atoms with Crippen LogP contribution in [0.5, 0.6) is 0 Å². The number of nitrogens with one attached hydrogen (secondary N) is 2. The van der Waals surface area contributed by atoms with Crippen molar-refractivity contribution in [3.63, 3.8) is 0 Å². The number of carbonyl (C=O) groups is 1. The van der Waals surface area contributed by atoms with E-state index < -0.39 is 0 Å². The number of hydrogen-bond donors (Lipinski definition) is 3. The number of anilines is 2. The lowest BCUT2D eigenvalue weighted by Crippen LogP contribution is -2.42. The zero-order valence-corrected chi connectivity index (χ0v) is 10.5. The van der Waals surface area contributed by atoms with Gasteiger partial charge in [0.05, 0.1) is 12.1 Å². The number of amides is 2. The van der Waals surface area contributed by atoms with Crippen molar-refractivity contribution in [2.24, 2.45) is 0 Å². The zero-order valence-electron chi connectivity index (χ0n) is 10.5. The smallest absolute Gasteiger partial charge is 0.319 e. The summed E-state index contributed by atoms with van der Waals surface area (Å²) in [4.78, 5) is 11.8. The van der Waals surface area contributed by atoms with E-state index >= 15 is 0 Å². The molecule has 1 aliphatic heterocycles. The minimum absolute atomic E-state index is 0.00793. The third kappa shape index (κ3) is 3.37. The Morgan fingerprint density at radius 3 is 3.06 bits per heavy atom. The van der Waals surface area contributed by atoms with Gasteiger partial charge in [-0.1, -0.05) is 6.07 Å². The van der Waals surface area contributed by atoms with Crippen LogP contribution in [0.2, 0.25) is 0 Å². The van der Waals surface area contributed by atoms with Gasteiger partial charge >= 0.3 is 6.03 Å². The third-order valence-corrected chi connectivity index (χ3v) is 3.03. The van der Waals surface area contributed by atoms with Gasteiger partial charge in [0.25, 0.3) is 0 Å². The first kappa shape index (κ1) is 12.7. The molecule has 1 aromatic carbocycles. The molecular formula is C13H19N3O2. The average molecular weight is 249 g/mol. The number of carbonyl (C=O) groups excluding carboxylic acids is 1. The molecule has 0 bridgehead atoms. The monoisotopic (exact) mass is 249 g/mol. The molecule has 0 aliphatic carbocycles. The Morgan fingerprint density at radius 1 is 1.56 bits per heavy atom. The molecule has 0 spiro atoms. The van der Waals surface area contributed by atoms with Crippen molar-refractivity contribution >= 4 is 17.4 Å². The molecule has 18 heavy (non-hydrogen) atoms. The van der Waals surface area contributed by atoms with Crippen LogP contribution in [0, 0.1) is 0 Å². The number of benzene rings is 1. The molecule has 1 aromatic rings. The number of nitrogens with two attached hydrogens (primary N) is 1. The fraction of sp³-hybridized carbons (Fsp3) is 0.462. The van der Waals surface area contributed by atoms with E-state index in [0.717, 1.165) is 19.4 Å². The topological polar surface area (TPSA) is 76.4 Å². The maximum atomic E-state index is 11.8. The Bertz CT molecular complexity index is 416. The molecule has 98 valence electrons. The van der Waals surface area contributed by atoms with Gasteiger partial charge in [-0.05, 0) is 38.0 Å². The maximum absolute atomic E-state index is 11.8. The first-order chi connectivity index (χ1) is 8.65. The summed E-state index contributed by atoms with van der Waals surface area (Å²) in [6.07, 6.45) is 2.18. The van der Waals surface area contributed by atoms with Crippen LogP contribution >= 0.6 is 0 Å². The quantitative estimate of drug-likeness (QED) is 0.717. The van der Waals surface area contributed by atoms with Gasteiger partial charge in [0.1, 0.15) is 0 Å². The van der Waals surface area contributed by atoms with Crippen molar-refractivity contribution in [3.05, 3.63) is 24.3 Å². The first-order valence-corrected chi connectivity index (χ1v) is 6.20. The standard InChI is InChI=1S/C13H19N3O2/c1-9(12-6-3-7-18-12)15-13(17)16-11-5-2-4-10(14)8-11/h2,4-5,8-9,12H,3,6-7,14H2,1H3,(H2,15,16,17). The van der Waals surface area contributed by atoms with Crippen molar-refractivity contribution in [2.45, 2.75) is 31.9 Å². The molecule has 4 N–H and O–H groups in total. The minimum Gasteiger partial charge on any atom is -0.399 e. The van der Waals surface area contributed by atoms with E-state index in [0.29, 0.717) is 11.4 Å². The molecule has 2 amide bonds. The van der Waals surface area contributed by atoms with Gasteiger partial charge in [-0.2, -0.15) is 0 Å². The van der Waals surface area contributed by atoms with Crippen LogP contribution in [0.25, 0.3) is 0 Å². The molecule has 2 rings (SSSR count). The van der Waals surface area contributed by atoms with E-state index in [-0.39, 0.29) is 18.2 Å². The summed E-state index contributed by atoms with van der Waals surface area (Å²) in [6.45, 7) is 2.74. The molecular weight excluding hydrogens is 230 g/mol. The molecule has 1 aliphatic rings. The van der Waals surface area contributed by atoms with Crippen LogP contribution < -0.4 is 16.4 Å². The number of urea groups is 1. The summed E-state index contributed by atoms with van der Waals surface area (Å²) in [6, 6.07) is 6.87. The molecule has 1 fully saturated rings. The summed E-state index contributed by atoms with van der Waals surface area (Å²) in [7, 11) is 0. The lowest BCUT2D eigenvalue weighted by atomic mass is 10.1. The van der Waals surface area contributed by atoms with Gasteiger partial charge in [-0.3, -0.25) is 0 Å². The van der Waals surface area contributed by atoms with Gasteiger partial charge in [-0.15, -0.1) is 0 Å². The highest BCUT2D eigenvalue weighted by molar-refractivity contribution is 5.89. The molecule has 5 nitrogen and oxygen atoms in total. The van der Waals surface area contributed by atoms with E-state index in [1.807, 2.05) is 6.92 Å². The fourth-order valence-corrected chi connectivity index (χ4v) is 2.08. The predicted molar refractivity (Wildman–Crippen MR) is 71.4 cm³/mol. The lowest BCUT2D eigenvalue weighted by molar-refractivity contribution is 0.0868. The summed E-state index contributed by atoms with van der Waals surface area (Å²) in [5.74, 6) is 0. The predicted octanol–water partition coefficient (Wildman–Crippen LogP) is 1.96. The van der Waals surface area contributed by atoms with E-state index in [1.54, 1.807) is 24.3 Å². The molecule has 2 unspecified atom stereocenters. The van der Waals surface area contributed by atoms with Crippen LogP contribution in [-0.2, 0) is 4.74 Å². The Kier molecular flexibility index (Phi) is 4.04. The number of hydrogen-bond acceptors (Lipinski definition) is 3. The van der Waals surface area contributed by atoms with Crippen molar-refractivity contribution in [1.82, 2.24) is 5.32 Å². The highest BCUT2D eigenvalue weighted by Gasteiger charge is 2.23. The summed E-state index contributed by atoms with van der Waals surface area (Å²) >= 11 is 0. The summed E-state index contributed by atoms with van der Waals surface area (Å²) in [5.41, 5.74) is 6.96. The second-order valence-corrected chi connectivity index (χ2v) is 4.56. The van der Waals surface area contributed by atoms with Gasteiger partial charge in [-0.25, -0.2) is 4.79 Å². The minimum atomic E-state index is -0.233. The van der Waals surface area contributed by atoms with Crippen molar-refractivity contribution in [2.75, 3.05) is 17.7 Å². The van der Waals surface area contributed by atoms with E-state index in [1.165, 1.54) is 0 Å². The van der Waals surface area contributed by atoms with Crippen molar-refractivity contribution < 1.29 is 9.53 Å². The Hall–Kier alpha value is -1.75. The Balaban J connectivity index is 1.84. The van der Waals surface area contributed by atoms with Crippen LogP contribution in [0.4, 0.5) is 16.2 Å². The van der Waals surface area contributed by atoms with Crippen LogP contribution in [0.3, 0.4) is 0 Å². The maximum Gasteiger partial charge on any atom is 0.319 e. The highest BCUT2D eigenvalue weighted by atomic mass is 16.5. The fourth-order valence-electron chi connectivity index (χ4n) is 2.08. The van der Waals surface area contributed by atoms with Crippen molar-refractivity contribution in [1.29, 1.82) is 0 Å². The third-order valence-electron chi connectivity index (χ3n) is 3.03. The van der Waals surface area contributed by atoms with Gasteiger partial charge < -0.3 is 21.1 Å². The number of rotatable bonds is 3. The summed E-state index contributed by atoms with van der Waals surface area (Å²) < 4.78 is 5.52. The normalized spacial score (nSPS) is 20.4. The molecule has 1 saturated heterocycles. The Morgan fingerprint density at radius 2 is 2.39 bits per heavy atom. The highest BCUT2D eigenvalue weighted by Crippen LogP contribution is 2.16. The van der Waals surface area contributed by atoms with Gasteiger partial charge in [0.2, 0.25) is 0 Å². The SMILES string of the molecule is CC(NC(=O)Nc1cccc(N)c1)C1CCCO1. The van der Waals surface area contributed by atoms with E-state index in [2.05, 4.69) is 10.6 Å². The largest absolute Gasteiger partial charge is 0.399 e. The van der Waals surface area contributed by atoms with Gasteiger partial charge in [0.15, 0.2) is 0 Å². The molecule has 0 radical (unpaired) electrons. The van der Waals surface area contributed by atoms with E-state index in [9.17, 15) is 4.79 Å². The van der Waals surface area contributed by atoms with Crippen molar-refractivity contribution in [3.8, 4) is 0 Å². The Labute approximate surface area is 107 Å². The second kappa shape index (κ2) is 5.73. The molecule has 0 aromatic heterocycles. The molecule has 0 saturated carbocycles. The lowest BCUT2D eigenvalue weighted by Gasteiger charge is -2.20. The van der Waals surface area contributed by atoms with Crippen LogP contribution in [0.15, 0.2) is 24.3 Å². The first-order valence-electron chi connectivity index (χ1n) is 6.20. The van der Waals surface area contributed by atoms with E-state index in [4.69, 9.17) is 10.5 Å². The second-order valence-electron chi connectivity index (χ2n) is 4.56.